The van der Waals surface area contributed by atoms with Crippen LogP contribution in [0.3, 0.4) is 0 Å². The highest BCUT2D eigenvalue weighted by molar-refractivity contribution is 6.00. The molecule has 1 heterocycles. The van der Waals surface area contributed by atoms with Gasteiger partial charge in [-0.1, -0.05) is 26.0 Å². The van der Waals surface area contributed by atoms with E-state index in [-0.39, 0.29) is 24.5 Å². The third kappa shape index (κ3) is 3.28. The van der Waals surface area contributed by atoms with Gasteiger partial charge in [0.15, 0.2) is 0 Å². The standard InChI is InChI=1S/C16H21N3O3/c1-10(2)13(9-20)18-16(21)12-8-17-19-15(12)11-6-4-5-7-14(11)22-3/h4-8,10,13,20H,9H2,1-3H3,(H,17,19)(H,18,21)/t13-/m1/s1. The van der Waals surface area contributed by atoms with Gasteiger partial charge >= 0.3 is 0 Å². The molecule has 1 atom stereocenters. The van der Waals surface area contributed by atoms with Crippen LogP contribution in [0, 0.1) is 5.92 Å². The van der Waals surface area contributed by atoms with Gasteiger partial charge in [0.25, 0.3) is 5.91 Å². The van der Waals surface area contributed by atoms with Crippen LogP contribution >= 0.6 is 0 Å². The first-order valence-electron chi connectivity index (χ1n) is 7.17. The number of carbonyl (C=O) groups excluding carboxylic acids is 1. The molecule has 0 aliphatic rings. The van der Waals surface area contributed by atoms with Crippen molar-refractivity contribution < 1.29 is 14.6 Å². The summed E-state index contributed by atoms with van der Waals surface area (Å²) >= 11 is 0. The first kappa shape index (κ1) is 16.0. The van der Waals surface area contributed by atoms with Crippen molar-refractivity contribution in [1.82, 2.24) is 15.5 Å². The van der Waals surface area contributed by atoms with Crippen molar-refractivity contribution >= 4 is 5.91 Å². The zero-order valence-electron chi connectivity index (χ0n) is 13.0. The van der Waals surface area contributed by atoms with E-state index >= 15 is 0 Å². The van der Waals surface area contributed by atoms with Crippen molar-refractivity contribution in [1.29, 1.82) is 0 Å². The number of rotatable bonds is 6. The Bertz CT molecular complexity index is 637. The first-order chi connectivity index (χ1) is 10.6. The van der Waals surface area contributed by atoms with Crippen LogP contribution in [0.15, 0.2) is 30.5 Å². The number of aromatic amines is 1. The highest BCUT2D eigenvalue weighted by Crippen LogP contribution is 2.30. The van der Waals surface area contributed by atoms with E-state index in [1.165, 1.54) is 6.20 Å². The molecule has 0 unspecified atom stereocenters. The summed E-state index contributed by atoms with van der Waals surface area (Å²) < 4.78 is 5.32. The molecule has 6 heteroatoms. The fraction of sp³-hybridized carbons (Fsp3) is 0.375. The average Bonchev–Trinajstić information content (AvgIpc) is 3.01. The van der Waals surface area contributed by atoms with Crippen molar-refractivity contribution in [2.75, 3.05) is 13.7 Å². The van der Waals surface area contributed by atoms with E-state index in [0.29, 0.717) is 17.0 Å². The minimum absolute atomic E-state index is 0.106. The van der Waals surface area contributed by atoms with Gasteiger partial charge in [-0.05, 0) is 18.1 Å². The number of aromatic nitrogens is 2. The molecule has 0 saturated carbocycles. The van der Waals surface area contributed by atoms with Crippen LogP contribution in [0.4, 0.5) is 0 Å². The number of aliphatic hydroxyl groups is 1. The SMILES string of the molecule is COc1ccccc1-c1[nH]ncc1C(=O)N[C@H](CO)C(C)C. The monoisotopic (exact) mass is 303 g/mol. The number of aliphatic hydroxyl groups excluding tert-OH is 1. The fourth-order valence-corrected chi connectivity index (χ4v) is 2.18. The van der Waals surface area contributed by atoms with Crippen molar-refractivity contribution in [3.8, 4) is 17.0 Å². The highest BCUT2D eigenvalue weighted by Gasteiger charge is 2.21. The minimum atomic E-state index is -0.298. The molecule has 1 aromatic heterocycles. The number of carbonyl (C=O) groups is 1. The van der Waals surface area contributed by atoms with Gasteiger partial charge in [-0.15, -0.1) is 0 Å². The maximum absolute atomic E-state index is 12.5. The van der Waals surface area contributed by atoms with Gasteiger partial charge in [0.05, 0.1) is 37.2 Å². The lowest BCUT2D eigenvalue weighted by Crippen LogP contribution is -2.41. The maximum atomic E-state index is 12.5. The molecule has 118 valence electrons. The van der Waals surface area contributed by atoms with Crippen molar-refractivity contribution in [2.24, 2.45) is 5.92 Å². The smallest absolute Gasteiger partial charge is 0.255 e. The van der Waals surface area contributed by atoms with Crippen molar-refractivity contribution in [2.45, 2.75) is 19.9 Å². The van der Waals surface area contributed by atoms with Gasteiger partial charge in [0, 0.05) is 5.56 Å². The van der Waals surface area contributed by atoms with Crippen LogP contribution in [0.2, 0.25) is 0 Å². The Labute approximate surface area is 129 Å². The summed E-state index contributed by atoms with van der Waals surface area (Å²) in [4.78, 5) is 12.5. The summed E-state index contributed by atoms with van der Waals surface area (Å²) in [5, 5.41) is 19.0. The molecule has 0 spiro atoms. The molecule has 0 radical (unpaired) electrons. The second-order valence-electron chi connectivity index (χ2n) is 5.37. The number of benzene rings is 1. The summed E-state index contributed by atoms with van der Waals surface area (Å²) in [5.41, 5.74) is 1.77. The largest absolute Gasteiger partial charge is 0.496 e. The Kier molecular flexibility index (Phi) is 5.16. The highest BCUT2D eigenvalue weighted by atomic mass is 16.5. The lowest BCUT2D eigenvalue weighted by molar-refractivity contribution is 0.0897. The zero-order chi connectivity index (χ0) is 16.1. The van der Waals surface area contributed by atoms with E-state index in [0.717, 1.165) is 5.56 Å². The van der Waals surface area contributed by atoms with Gasteiger partial charge in [-0.3, -0.25) is 9.89 Å². The van der Waals surface area contributed by atoms with E-state index in [4.69, 9.17) is 4.74 Å². The van der Waals surface area contributed by atoms with Crippen LogP contribution < -0.4 is 10.1 Å². The van der Waals surface area contributed by atoms with Crippen molar-refractivity contribution in [3.63, 3.8) is 0 Å². The van der Waals surface area contributed by atoms with E-state index < -0.39 is 0 Å². The number of nitrogens with one attached hydrogen (secondary N) is 2. The zero-order valence-corrected chi connectivity index (χ0v) is 13.0. The molecule has 2 rings (SSSR count). The second kappa shape index (κ2) is 7.09. The van der Waals surface area contributed by atoms with Gasteiger partial charge in [0.1, 0.15) is 5.75 Å². The molecule has 0 bridgehead atoms. The van der Waals surface area contributed by atoms with Gasteiger partial charge in [-0.25, -0.2) is 0 Å². The molecule has 0 aliphatic heterocycles. The molecule has 1 amide bonds. The van der Waals surface area contributed by atoms with Gasteiger partial charge < -0.3 is 15.2 Å². The molecule has 0 saturated heterocycles. The van der Waals surface area contributed by atoms with Crippen LogP contribution in [0.25, 0.3) is 11.3 Å². The van der Waals surface area contributed by atoms with E-state index in [1.54, 1.807) is 7.11 Å². The summed E-state index contributed by atoms with van der Waals surface area (Å²) in [5.74, 6) is 0.515. The lowest BCUT2D eigenvalue weighted by Gasteiger charge is -2.19. The molecule has 1 aromatic carbocycles. The number of methoxy groups -OCH3 is 1. The van der Waals surface area contributed by atoms with E-state index in [2.05, 4.69) is 15.5 Å². The third-order valence-corrected chi connectivity index (χ3v) is 3.58. The summed E-state index contributed by atoms with van der Waals surface area (Å²) in [6.07, 6.45) is 1.48. The van der Waals surface area contributed by atoms with Gasteiger partial charge in [0.2, 0.25) is 0 Å². The summed E-state index contributed by atoms with van der Waals surface area (Å²) in [6.45, 7) is 3.78. The minimum Gasteiger partial charge on any atom is -0.496 e. The predicted octanol–water partition coefficient (Wildman–Crippen LogP) is 1.83. The van der Waals surface area contributed by atoms with Crippen LogP contribution in [0.5, 0.6) is 5.75 Å². The molecule has 2 aromatic rings. The number of H-pyrrole nitrogens is 1. The summed E-state index contributed by atoms with van der Waals surface area (Å²) in [6, 6.07) is 7.11. The maximum Gasteiger partial charge on any atom is 0.255 e. The van der Waals surface area contributed by atoms with E-state index in [9.17, 15) is 9.90 Å². The molecule has 22 heavy (non-hydrogen) atoms. The molecule has 0 aliphatic carbocycles. The Balaban J connectivity index is 2.31. The van der Waals surface area contributed by atoms with Crippen molar-refractivity contribution in [3.05, 3.63) is 36.0 Å². The van der Waals surface area contributed by atoms with Crippen LogP contribution in [-0.2, 0) is 0 Å². The predicted molar refractivity (Wildman–Crippen MR) is 83.8 cm³/mol. The average molecular weight is 303 g/mol. The Hall–Kier alpha value is -2.34. The summed E-state index contributed by atoms with van der Waals surface area (Å²) in [7, 11) is 1.58. The quantitative estimate of drug-likeness (QED) is 0.760. The second-order valence-corrected chi connectivity index (χ2v) is 5.37. The third-order valence-electron chi connectivity index (χ3n) is 3.58. The normalized spacial score (nSPS) is 12.2. The molecular weight excluding hydrogens is 282 g/mol. The number of amides is 1. The molecular formula is C16H21N3O3. The number of para-hydroxylation sites is 1. The molecule has 6 nitrogen and oxygen atoms in total. The van der Waals surface area contributed by atoms with Gasteiger partial charge in [-0.2, -0.15) is 5.10 Å². The van der Waals surface area contributed by atoms with Crippen LogP contribution in [-0.4, -0.2) is 41.0 Å². The van der Waals surface area contributed by atoms with Crippen LogP contribution in [0.1, 0.15) is 24.2 Å². The Morgan fingerprint density at radius 3 is 2.77 bits per heavy atom. The Morgan fingerprint density at radius 2 is 2.14 bits per heavy atom. The van der Waals surface area contributed by atoms with E-state index in [1.807, 2.05) is 38.1 Å². The molecule has 3 N–H and O–H groups in total. The number of hydrogen-bond donors (Lipinski definition) is 3. The fourth-order valence-electron chi connectivity index (χ4n) is 2.18. The lowest BCUT2D eigenvalue weighted by atomic mass is 10.0. The topological polar surface area (TPSA) is 87.2 Å². The Morgan fingerprint density at radius 1 is 1.41 bits per heavy atom. The molecule has 0 fully saturated rings. The first-order valence-corrected chi connectivity index (χ1v) is 7.17. The number of nitrogens with zero attached hydrogens (tertiary/aromatic N) is 1. The number of hydrogen-bond acceptors (Lipinski definition) is 4. The number of ether oxygens (including phenoxy) is 1.